The van der Waals surface area contributed by atoms with E-state index in [9.17, 15) is 4.79 Å². The number of benzene rings is 1. The van der Waals surface area contributed by atoms with Gasteiger partial charge in [0, 0.05) is 18.7 Å². The Hall–Kier alpha value is -1.55. The third-order valence-electron chi connectivity index (χ3n) is 2.65. The fourth-order valence-corrected chi connectivity index (χ4v) is 1.62. The first-order valence-corrected chi connectivity index (χ1v) is 7.26. The van der Waals surface area contributed by atoms with Crippen molar-refractivity contribution < 1.29 is 14.3 Å². The second kappa shape index (κ2) is 9.37. The van der Waals surface area contributed by atoms with Crippen LogP contribution in [-0.4, -0.2) is 31.8 Å². The van der Waals surface area contributed by atoms with E-state index in [1.165, 1.54) is 0 Å². The lowest BCUT2D eigenvalue weighted by molar-refractivity contribution is 0.0757. The molecule has 4 heteroatoms. The molecular weight excluding hydrogens is 254 g/mol. The quantitative estimate of drug-likeness (QED) is 0.707. The summed E-state index contributed by atoms with van der Waals surface area (Å²) in [5, 5.41) is 2.88. The van der Waals surface area contributed by atoms with Crippen LogP contribution in [0.3, 0.4) is 0 Å². The Labute approximate surface area is 121 Å². The molecule has 20 heavy (non-hydrogen) atoms. The molecule has 0 radical (unpaired) electrons. The minimum Gasteiger partial charge on any atom is -0.494 e. The van der Waals surface area contributed by atoms with Crippen molar-refractivity contribution in [2.24, 2.45) is 0 Å². The van der Waals surface area contributed by atoms with Crippen LogP contribution >= 0.6 is 0 Å². The molecule has 4 nitrogen and oxygen atoms in total. The minimum absolute atomic E-state index is 0.0587. The topological polar surface area (TPSA) is 47.6 Å². The van der Waals surface area contributed by atoms with E-state index in [0.29, 0.717) is 25.3 Å². The van der Waals surface area contributed by atoms with Crippen LogP contribution in [0.25, 0.3) is 0 Å². The van der Waals surface area contributed by atoms with E-state index in [4.69, 9.17) is 9.47 Å². The summed E-state index contributed by atoms with van der Waals surface area (Å²) in [5.74, 6) is 0.741. The molecule has 1 rings (SSSR count). The number of nitrogens with one attached hydrogen (secondary N) is 1. The van der Waals surface area contributed by atoms with Gasteiger partial charge in [0.15, 0.2) is 0 Å². The Morgan fingerprint density at radius 3 is 2.50 bits per heavy atom. The average Bonchev–Trinajstić information content (AvgIpc) is 2.44. The molecule has 112 valence electrons. The summed E-state index contributed by atoms with van der Waals surface area (Å²) < 4.78 is 10.9. The molecule has 0 bridgehead atoms. The summed E-state index contributed by atoms with van der Waals surface area (Å²) >= 11 is 0. The summed E-state index contributed by atoms with van der Waals surface area (Å²) in [7, 11) is 0. The molecule has 0 fully saturated rings. The monoisotopic (exact) mass is 279 g/mol. The standard InChI is InChI=1S/C16H25NO3/c1-4-11-20-15-8-6-14(7-9-15)16(18)17-10-5-12-19-13(2)3/h6-9,13H,4-5,10-12H2,1-3H3,(H,17,18). The van der Waals surface area contributed by atoms with Gasteiger partial charge in [0.2, 0.25) is 0 Å². The zero-order valence-corrected chi connectivity index (χ0v) is 12.6. The molecule has 0 saturated carbocycles. The van der Waals surface area contributed by atoms with Gasteiger partial charge in [-0.15, -0.1) is 0 Å². The van der Waals surface area contributed by atoms with Gasteiger partial charge in [-0.2, -0.15) is 0 Å². The summed E-state index contributed by atoms with van der Waals surface area (Å²) in [6, 6.07) is 7.22. The highest BCUT2D eigenvalue weighted by atomic mass is 16.5. The van der Waals surface area contributed by atoms with Crippen LogP contribution in [0.2, 0.25) is 0 Å². The minimum atomic E-state index is -0.0587. The zero-order chi connectivity index (χ0) is 14.8. The molecule has 1 amide bonds. The summed E-state index contributed by atoms with van der Waals surface area (Å²) in [6.45, 7) is 8.05. The number of hydrogen-bond donors (Lipinski definition) is 1. The lowest BCUT2D eigenvalue weighted by atomic mass is 10.2. The number of carbonyl (C=O) groups is 1. The van der Waals surface area contributed by atoms with E-state index in [1.807, 2.05) is 26.0 Å². The highest BCUT2D eigenvalue weighted by molar-refractivity contribution is 5.94. The van der Waals surface area contributed by atoms with Gasteiger partial charge in [0.1, 0.15) is 5.75 Å². The van der Waals surface area contributed by atoms with E-state index < -0.39 is 0 Å². The maximum Gasteiger partial charge on any atom is 0.251 e. The van der Waals surface area contributed by atoms with Crippen LogP contribution in [-0.2, 0) is 4.74 Å². The van der Waals surface area contributed by atoms with Crippen molar-refractivity contribution in [2.45, 2.75) is 39.7 Å². The fourth-order valence-electron chi connectivity index (χ4n) is 1.62. The van der Waals surface area contributed by atoms with Crippen molar-refractivity contribution >= 4 is 5.91 Å². The van der Waals surface area contributed by atoms with Crippen molar-refractivity contribution in [3.8, 4) is 5.75 Å². The van der Waals surface area contributed by atoms with Crippen molar-refractivity contribution in [3.63, 3.8) is 0 Å². The molecule has 0 aliphatic rings. The summed E-state index contributed by atoms with van der Waals surface area (Å²) in [4.78, 5) is 11.9. The second-order valence-electron chi connectivity index (χ2n) is 4.90. The maximum atomic E-state index is 11.9. The molecule has 0 heterocycles. The first-order chi connectivity index (χ1) is 9.63. The van der Waals surface area contributed by atoms with E-state index in [2.05, 4.69) is 12.2 Å². The predicted octanol–water partition coefficient (Wildman–Crippen LogP) is 3.02. The molecule has 0 unspecified atom stereocenters. The Morgan fingerprint density at radius 2 is 1.90 bits per heavy atom. The van der Waals surface area contributed by atoms with Crippen molar-refractivity contribution in [1.29, 1.82) is 0 Å². The van der Waals surface area contributed by atoms with E-state index in [-0.39, 0.29) is 12.0 Å². The van der Waals surface area contributed by atoms with Crippen LogP contribution in [0.5, 0.6) is 5.75 Å². The molecule has 1 aromatic rings. The normalized spacial score (nSPS) is 10.6. The lowest BCUT2D eigenvalue weighted by Crippen LogP contribution is -2.25. The van der Waals surface area contributed by atoms with Crippen LogP contribution in [0.1, 0.15) is 44.0 Å². The second-order valence-corrected chi connectivity index (χ2v) is 4.90. The van der Waals surface area contributed by atoms with Gasteiger partial charge < -0.3 is 14.8 Å². The van der Waals surface area contributed by atoms with Gasteiger partial charge in [-0.1, -0.05) is 6.92 Å². The number of hydrogen-bond acceptors (Lipinski definition) is 3. The van der Waals surface area contributed by atoms with Gasteiger partial charge in [0.05, 0.1) is 12.7 Å². The van der Waals surface area contributed by atoms with Crippen LogP contribution in [0, 0.1) is 0 Å². The Kier molecular flexibility index (Phi) is 7.73. The Bertz CT molecular complexity index is 387. The molecule has 1 N–H and O–H groups in total. The van der Waals surface area contributed by atoms with E-state index in [1.54, 1.807) is 12.1 Å². The Morgan fingerprint density at radius 1 is 1.20 bits per heavy atom. The molecule has 0 spiro atoms. The number of carbonyl (C=O) groups excluding carboxylic acids is 1. The van der Waals surface area contributed by atoms with Gasteiger partial charge >= 0.3 is 0 Å². The van der Waals surface area contributed by atoms with Gasteiger partial charge in [-0.05, 0) is 51.0 Å². The molecule has 0 aliphatic carbocycles. The Balaban J connectivity index is 2.29. The molecule has 0 aliphatic heterocycles. The first kappa shape index (κ1) is 16.5. The predicted molar refractivity (Wildman–Crippen MR) is 80.3 cm³/mol. The molecule has 0 saturated heterocycles. The third-order valence-corrected chi connectivity index (χ3v) is 2.65. The van der Waals surface area contributed by atoms with Crippen LogP contribution in [0.4, 0.5) is 0 Å². The molecule has 0 aromatic heterocycles. The van der Waals surface area contributed by atoms with Crippen molar-refractivity contribution in [3.05, 3.63) is 29.8 Å². The van der Waals surface area contributed by atoms with Gasteiger partial charge in [-0.3, -0.25) is 4.79 Å². The van der Waals surface area contributed by atoms with Crippen LogP contribution in [0.15, 0.2) is 24.3 Å². The lowest BCUT2D eigenvalue weighted by Gasteiger charge is -2.09. The van der Waals surface area contributed by atoms with Crippen molar-refractivity contribution in [2.75, 3.05) is 19.8 Å². The van der Waals surface area contributed by atoms with E-state index in [0.717, 1.165) is 18.6 Å². The highest BCUT2D eigenvalue weighted by Crippen LogP contribution is 2.12. The highest BCUT2D eigenvalue weighted by Gasteiger charge is 2.05. The van der Waals surface area contributed by atoms with Crippen molar-refractivity contribution in [1.82, 2.24) is 5.32 Å². The number of rotatable bonds is 9. The fraction of sp³-hybridized carbons (Fsp3) is 0.562. The third kappa shape index (κ3) is 6.57. The largest absolute Gasteiger partial charge is 0.494 e. The zero-order valence-electron chi connectivity index (χ0n) is 12.6. The number of ether oxygens (including phenoxy) is 2. The molecule has 0 atom stereocenters. The number of amides is 1. The first-order valence-electron chi connectivity index (χ1n) is 7.26. The van der Waals surface area contributed by atoms with Crippen LogP contribution < -0.4 is 10.1 Å². The summed E-state index contributed by atoms with van der Waals surface area (Å²) in [6.07, 6.45) is 2.03. The molecular formula is C16H25NO3. The summed E-state index contributed by atoms with van der Waals surface area (Å²) in [5.41, 5.74) is 0.652. The molecule has 1 aromatic carbocycles. The van der Waals surface area contributed by atoms with Gasteiger partial charge in [-0.25, -0.2) is 0 Å². The smallest absolute Gasteiger partial charge is 0.251 e. The van der Waals surface area contributed by atoms with Gasteiger partial charge in [0.25, 0.3) is 5.91 Å². The maximum absolute atomic E-state index is 11.9. The SMILES string of the molecule is CCCOc1ccc(C(=O)NCCCOC(C)C)cc1. The average molecular weight is 279 g/mol. The van der Waals surface area contributed by atoms with E-state index >= 15 is 0 Å².